The van der Waals surface area contributed by atoms with Crippen molar-refractivity contribution in [2.24, 2.45) is 5.41 Å². The second kappa shape index (κ2) is 12.8. The highest BCUT2D eigenvalue weighted by molar-refractivity contribution is 7.52. The van der Waals surface area contributed by atoms with Crippen LogP contribution in [0.3, 0.4) is 0 Å². The first kappa shape index (κ1) is 34.1. The van der Waals surface area contributed by atoms with Gasteiger partial charge in [-0.05, 0) is 53.8 Å². The highest BCUT2D eigenvalue weighted by Crippen LogP contribution is 2.59. The molecule has 3 aromatic rings. The fraction of sp³-hybridized carbons (Fsp3) is 0.469. The molecule has 3 unspecified atom stereocenters. The second-order valence-electron chi connectivity index (χ2n) is 13.1. The SMILES string of the molecule is CC(C)(C)C(NC(=O)c1cc2cc(C(F)(F)P(=O)(O)O)ccc2s1)C(=O)N1CCC[C@H]1C(=O)N1CCC(O)C(c2ccccc2)C1. The van der Waals surface area contributed by atoms with E-state index >= 15 is 0 Å². The number of halogens is 2. The lowest BCUT2D eigenvalue weighted by Crippen LogP contribution is -2.58. The van der Waals surface area contributed by atoms with Crippen LogP contribution in [-0.2, 0) is 19.8 Å². The number of fused-ring (bicyclic) bond motifs is 1. The van der Waals surface area contributed by atoms with E-state index in [1.54, 1.807) is 25.7 Å². The minimum absolute atomic E-state index is 0.126. The molecule has 4 atom stereocenters. The van der Waals surface area contributed by atoms with E-state index < -0.39 is 54.2 Å². The molecule has 2 fully saturated rings. The summed E-state index contributed by atoms with van der Waals surface area (Å²) in [4.78, 5) is 62.9. The van der Waals surface area contributed by atoms with Crippen LogP contribution in [0, 0.1) is 5.41 Å². The molecule has 5 rings (SSSR count). The zero-order chi connectivity index (χ0) is 33.6. The number of hydrogen-bond donors (Lipinski definition) is 4. The third-order valence-corrected chi connectivity index (χ3v) is 10.9. The van der Waals surface area contributed by atoms with E-state index in [4.69, 9.17) is 9.79 Å². The number of rotatable bonds is 7. The predicted octanol–water partition coefficient (Wildman–Crippen LogP) is 4.64. The summed E-state index contributed by atoms with van der Waals surface area (Å²) < 4.78 is 40.4. The maximum atomic E-state index is 14.3. The van der Waals surface area contributed by atoms with E-state index in [-0.39, 0.29) is 22.1 Å². The molecule has 3 heterocycles. The lowest BCUT2D eigenvalue weighted by atomic mass is 9.85. The molecule has 4 N–H and O–H groups in total. The van der Waals surface area contributed by atoms with E-state index in [1.807, 2.05) is 30.3 Å². The first-order chi connectivity index (χ1) is 21.5. The number of carbonyl (C=O) groups is 3. The van der Waals surface area contributed by atoms with Crippen LogP contribution < -0.4 is 5.32 Å². The van der Waals surface area contributed by atoms with Gasteiger partial charge in [0.2, 0.25) is 11.8 Å². The van der Waals surface area contributed by atoms with Crippen LogP contribution >= 0.6 is 18.9 Å². The smallest absolute Gasteiger partial charge is 0.392 e. The Bertz CT molecular complexity index is 1670. The highest BCUT2D eigenvalue weighted by Gasteiger charge is 2.50. The standard InChI is InChI=1S/C32H38F2N3O7PS/c1-31(2,3)27(35-28(39)26-17-20-16-21(11-12-25(20)46-26)32(33,34)45(42,43)44)30(41)37-14-7-10-23(37)29(40)36-15-13-24(38)22(18-36)19-8-5-4-6-9-19/h4-6,8-9,11-12,16-17,22-24,27,38H,7,10,13-15,18H2,1-3H3,(H,35,39)(H2,42,43,44)/t22?,23-,24?,27?/m0/s1. The van der Waals surface area contributed by atoms with Gasteiger partial charge in [-0.3, -0.25) is 18.9 Å². The molecule has 0 spiro atoms. The summed E-state index contributed by atoms with van der Waals surface area (Å²) in [6, 6.07) is 12.3. The summed E-state index contributed by atoms with van der Waals surface area (Å²) in [5, 5.41) is 13.7. The Morgan fingerprint density at radius 2 is 1.72 bits per heavy atom. The minimum Gasteiger partial charge on any atom is -0.392 e. The predicted molar refractivity (Wildman–Crippen MR) is 170 cm³/mol. The topological polar surface area (TPSA) is 147 Å². The molecule has 0 saturated carbocycles. The van der Waals surface area contributed by atoms with Crippen molar-refractivity contribution in [2.75, 3.05) is 19.6 Å². The van der Waals surface area contributed by atoms with Crippen molar-refractivity contribution in [1.29, 1.82) is 0 Å². The number of amides is 3. The Morgan fingerprint density at radius 1 is 1.02 bits per heavy atom. The molecule has 14 heteroatoms. The number of benzene rings is 2. The number of alkyl halides is 2. The van der Waals surface area contributed by atoms with Gasteiger partial charge in [-0.1, -0.05) is 57.2 Å². The van der Waals surface area contributed by atoms with Crippen LogP contribution in [0.15, 0.2) is 54.6 Å². The van der Waals surface area contributed by atoms with Crippen molar-refractivity contribution < 1.29 is 42.6 Å². The molecular weight excluding hydrogens is 639 g/mol. The molecule has 2 aromatic carbocycles. The van der Waals surface area contributed by atoms with Gasteiger partial charge in [0.05, 0.1) is 11.0 Å². The normalized spacial score (nSPS) is 21.8. The van der Waals surface area contributed by atoms with Gasteiger partial charge in [0.1, 0.15) is 12.1 Å². The molecule has 46 heavy (non-hydrogen) atoms. The summed E-state index contributed by atoms with van der Waals surface area (Å²) in [6.45, 7) is 6.42. The fourth-order valence-electron chi connectivity index (χ4n) is 6.19. The maximum Gasteiger partial charge on any atom is 0.399 e. The van der Waals surface area contributed by atoms with Crippen molar-refractivity contribution in [1.82, 2.24) is 15.1 Å². The van der Waals surface area contributed by atoms with Crippen LogP contribution in [0.4, 0.5) is 8.78 Å². The van der Waals surface area contributed by atoms with E-state index in [0.29, 0.717) is 43.6 Å². The monoisotopic (exact) mass is 677 g/mol. The number of nitrogens with zero attached hydrogens (tertiary/aromatic N) is 2. The average Bonchev–Trinajstić information content (AvgIpc) is 3.66. The minimum atomic E-state index is -5.77. The van der Waals surface area contributed by atoms with Crippen LogP contribution in [0.5, 0.6) is 0 Å². The number of piperidine rings is 1. The summed E-state index contributed by atoms with van der Waals surface area (Å²) >= 11 is 0.994. The molecule has 2 saturated heterocycles. The zero-order valence-electron chi connectivity index (χ0n) is 25.7. The molecule has 2 aliphatic rings. The van der Waals surface area contributed by atoms with Gasteiger partial charge < -0.3 is 30.0 Å². The van der Waals surface area contributed by atoms with Gasteiger partial charge in [0.25, 0.3) is 5.91 Å². The van der Waals surface area contributed by atoms with Crippen LogP contribution in [0.1, 0.15) is 66.8 Å². The van der Waals surface area contributed by atoms with E-state index in [1.165, 1.54) is 17.0 Å². The maximum absolute atomic E-state index is 14.3. The molecule has 0 radical (unpaired) electrons. The molecule has 0 aliphatic carbocycles. The van der Waals surface area contributed by atoms with Crippen LogP contribution in [0.2, 0.25) is 0 Å². The van der Waals surface area contributed by atoms with Gasteiger partial charge in [-0.15, -0.1) is 11.3 Å². The number of hydrogen-bond acceptors (Lipinski definition) is 6. The average molecular weight is 678 g/mol. The Balaban J connectivity index is 1.33. The molecule has 1 aromatic heterocycles. The fourth-order valence-corrected chi connectivity index (χ4v) is 7.61. The van der Waals surface area contributed by atoms with Crippen LogP contribution in [-0.4, -0.2) is 80.2 Å². The third kappa shape index (κ3) is 6.75. The van der Waals surface area contributed by atoms with Gasteiger partial charge in [0.15, 0.2) is 0 Å². The number of carbonyl (C=O) groups excluding carboxylic acids is 3. The van der Waals surface area contributed by atoms with E-state index in [0.717, 1.165) is 29.0 Å². The van der Waals surface area contributed by atoms with Crippen molar-refractivity contribution in [3.05, 3.63) is 70.6 Å². The van der Waals surface area contributed by atoms with E-state index in [2.05, 4.69) is 5.32 Å². The van der Waals surface area contributed by atoms with Crippen molar-refractivity contribution >= 4 is 46.7 Å². The van der Waals surface area contributed by atoms with Gasteiger partial charge >= 0.3 is 13.3 Å². The number of aliphatic hydroxyl groups excluding tert-OH is 1. The Hall–Kier alpha value is -3.22. The summed E-state index contributed by atoms with van der Waals surface area (Å²) in [7, 11) is -5.77. The van der Waals surface area contributed by atoms with Crippen molar-refractivity contribution in [2.45, 2.75) is 69.8 Å². The molecule has 248 valence electrons. The highest BCUT2D eigenvalue weighted by atomic mass is 32.1. The summed E-state index contributed by atoms with van der Waals surface area (Å²) in [5.74, 6) is -1.45. The van der Waals surface area contributed by atoms with Crippen molar-refractivity contribution in [3.63, 3.8) is 0 Å². The second-order valence-corrected chi connectivity index (χ2v) is 15.8. The third-order valence-electron chi connectivity index (χ3n) is 8.78. The van der Waals surface area contributed by atoms with Gasteiger partial charge in [-0.2, -0.15) is 8.78 Å². The largest absolute Gasteiger partial charge is 0.399 e. The lowest BCUT2D eigenvalue weighted by Gasteiger charge is -2.40. The molecule has 0 bridgehead atoms. The van der Waals surface area contributed by atoms with Gasteiger partial charge in [-0.25, -0.2) is 0 Å². The number of likely N-dealkylation sites (tertiary alicyclic amines) is 2. The molecule has 10 nitrogen and oxygen atoms in total. The van der Waals surface area contributed by atoms with Crippen LogP contribution in [0.25, 0.3) is 10.1 Å². The Kier molecular flexibility index (Phi) is 9.47. The summed E-state index contributed by atoms with van der Waals surface area (Å²) in [5.41, 5.74) is -5.08. The number of thiophene rings is 1. The lowest BCUT2D eigenvalue weighted by molar-refractivity contribution is -0.147. The quantitative estimate of drug-likeness (QED) is 0.267. The number of aliphatic hydroxyl groups is 1. The first-order valence-corrected chi connectivity index (χ1v) is 17.5. The van der Waals surface area contributed by atoms with Crippen molar-refractivity contribution in [3.8, 4) is 0 Å². The Labute approximate surface area is 269 Å². The molecule has 2 aliphatic heterocycles. The van der Waals surface area contributed by atoms with E-state index in [9.17, 15) is 32.8 Å². The molecular formula is C32H38F2N3O7PS. The summed E-state index contributed by atoms with van der Waals surface area (Å²) in [6.07, 6.45) is 0.919. The number of nitrogens with one attached hydrogen (secondary N) is 1. The van der Waals surface area contributed by atoms with Gasteiger partial charge in [0, 0.05) is 35.8 Å². The zero-order valence-corrected chi connectivity index (χ0v) is 27.4. The first-order valence-electron chi connectivity index (χ1n) is 15.1. The molecule has 3 amide bonds. The Morgan fingerprint density at radius 3 is 2.37 bits per heavy atom.